The summed E-state index contributed by atoms with van der Waals surface area (Å²) in [5, 5.41) is 19.3. The molecular formula is C18H23NO4. The normalized spacial score (nSPS) is 12.7. The van der Waals surface area contributed by atoms with Crippen LogP contribution in [0.5, 0.6) is 0 Å². The number of aliphatic hydroxyl groups is 2. The summed E-state index contributed by atoms with van der Waals surface area (Å²) in [6, 6.07) is 7.51. The van der Waals surface area contributed by atoms with Gasteiger partial charge in [-0.05, 0) is 38.8 Å². The lowest BCUT2D eigenvalue weighted by molar-refractivity contribution is 0.0544. The van der Waals surface area contributed by atoms with Gasteiger partial charge < -0.3 is 14.9 Å². The van der Waals surface area contributed by atoms with Crippen LogP contribution in [-0.4, -0.2) is 39.7 Å². The van der Waals surface area contributed by atoms with E-state index in [1.54, 1.807) is 12.3 Å². The number of para-hydroxylation sites is 1. The van der Waals surface area contributed by atoms with Gasteiger partial charge >= 0.3 is 6.09 Å². The number of hydrogen-bond donors (Lipinski definition) is 2. The molecule has 1 aromatic carbocycles. The van der Waals surface area contributed by atoms with Crippen molar-refractivity contribution in [3.63, 3.8) is 0 Å². The van der Waals surface area contributed by atoms with Crippen LogP contribution in [0.15, 0.2) is 36.0 Å². The molecule has 2 aromatic rings. The van der Waals surface area contributed by atoms with Gasteiger partial charge in [0.1, 0.15) is 5.60 Å². The number of hydrogen-bond acceptors (Lipinski definition) is 4. The zero-order valence-corrected chi connectivity index (χ0v) is 13.7. The Hall–Kier alpha value is -2.11. The minimum Gasteiger partial charge on any atom is -0.443 e. The van der Waals surface area contributed by atoms with Crippen molar-refractivity contribution < 1.29 is 19.7 Å². The number of benzene rings is 1. The third-order valence-corrected chi connectivity index (χ3v) is 3.33. The zero-order valence-electron chi connectivity index (χ0n) is 13.7. The lowest BCUT2D eigenvalue weighted by Gasteiger charge is -2.19. The van der Waals surface area contributed by atoms with Crippen molar-refractivity contribution in [1.82, 2.24) is 4.57 Å². The quantitative estimate of drug-likeness (QED) is 0.908. The minimum absolute atomic E-state index is 0.0307. The van der Waals surface area contributed by atoms with E-state index < -0.39 is 11.7 Å². The highest BCUT2D eigenvalue weighted by atomic mass is 16.6. The van der Waals surface area contributed by atoms with Crippen LogP contribution >= 0.6 is 0 Å². The van der Waals surface area contributed by atoms with E-state index in [1.807, 2.05) is 45.0 Å². The lowest BCUT2D eigenvalue weighted by Crippen LogP contribution is -2.26. The van der Waals surface area contributed by atoms with Gasteiger partial charge in [0.2, 0.25) is 0 Å². The second-order valence-electron chi connectivity index (χ2n) is 6.39. The van der Waals surface area contributed by atoms with Crippen molar-refractivity contribution in [3.05, 3.63) is 41.6 Å². The number of aromatic nitrogens is 1. The Bertz CT molecular complexity index is 722. The smallest absolute Gasteiger partial charge is 0.419 e. The highest BCUT2D eigenvalue weighted by Crippen LogP contribution is 2.25. The highest BCUT2D eigenvalue weighted by molar-refractivity contribution is 5.95. The van der Waals surface area contributed by atoms with Gasteiger partial charge in [0.15, 0.2) is 0 Å². The second-order valence-corrected chi connectivity index (χ2v) is 6.39. The van der Waals surface area contributed by atoms with Gasteiger partial charge in [-0.2, -0.15) is 0 Å². The molecule has 5 nitrogen and oxygen atoms in total. The van der Waals surface area contributed by atoms with Crippen molar-refractivity contribution in [2.75, 3.05) is 13.2 Å². The van der Waals surface area contributed by atoms with Crippen LogP contribution in [0.4, 0.5) is 4.79 Å². The van der Waals surface area contributed by atoms with Crippen molar-refractivity contribution in [3.8, 4) is 0 Å². The third kappa shape index (κ3) is 4.21. The van der Waals surface area contributed by atoms with Crippen molar-refractivity contribution in [2.24, 2.45) is 0 Å². The van der Waals surface area contributed by atoms with Gasteiger partial charge in [-0.1, -0.05) is 24.3 Å². The predicted molar refractivity (Wildman–Crippen MR) is 90.3 cm³/mol. The topological polar surface area (TPSA) is 71.7 Å². The van der Waals surface area contributed by atoms with E-state index in [-0.39, 0.29) is 13.2 Å². The number of nitrogens with zero attached hydrogens (tertiary/aromatic N) is 1. The van der Waals surface area contributed by atoms with Crippen molar-refractivity contribution >= 4 is 23.1 Å². The fourth-order valence-electron chi connectivity index (χ4n) is 2.34. The summed E-state index contributed by atoms with van der Waals surface area (Å²) in [5.41, 5.74) is 1.68. The Labute approximate surface area is 135 Å². The molecule has 0 saturated heterocycles. The minimum atomic E-state index is -0.578. The van der Waals surface area contributed by atoms with E-state index in [4.69, 9.17) is 9.84 Å². The van der Waals surface area contributed by atoms with Gasteiger partial charge in [-0.3, -0.25) is 4.57 Å². The summed E-state index contributed by atoms with van der Waals surface area (Å²) < 4.78 is 6.91. The molecule has 2 rings (SSSR count). The van der Waals surface area contributed by atoms with Crippen LogP contribution in [0, 0.1) is 0 Å². The molecule has 0 amide bonds. The summed E-state index contributed by atoms with van der Waals surface area (Å²) in [6.45, 7) is 5.30. The molecule has 1 aromatic heterocycles. The molecule has 2 N–H and O–H groups in total. The maximum atomic E-state index is 12.4. The van der Waals surface area contributed by atoms with Gasteiger partial charge in [-0.15, -0.1) is 0 Å². The summed E-state index contributed by atoms with van der Waals surface area (Å²) in [4.78, 5) is 12.4. The van der Waals surface area contributed by atoms with E-state index in [0.717, 1.165) is 16.5 Å². The van der Waals surface area contributed by atoms with Crippen molar-refractivity contribution in [1.29, 1.82) is 0 Å². The second kappa shape index (κ2) is 6.98. The van der Waals surface area contributed by atoms with E-state index in [2.05, 4.69) is 0 Å². The monoisotopic (exact) mass is 317 g/mol. The fourth-order valence-corrected chi connectivity index (χ4v) is 2.34. The van der Waals surface area contributed by atoms with Crippen LogP contribution in [0.1, 0.15) is 32.8 Å². The Morgan fingerprint density at radius 3 is 2.57 bits per heavy atom. The summed E-state index contributed by atoms with van der Waals surface area (Å²) in [7, 11) is 0. The molecular weight excluding hydrogens is 294 g/mol. The fraction of sp³-hybridized carbons (Fsp3) is 0.389. The maximum Gasteiger partial charge on any atom is 0.419 e. The Kier molecular flexibility index (Phi) is 5.23. The van der Waals surface area contributed by atoms with Gasteiger partial charge in [0.05, 0.1) is 12.1 Å². The number of rotatable bonds is 4. The van der Waals surface area contributed by atoms with Crippen LogP contribution in [0.3, 0.4) is 0 Å². The molecule has 0 aliphatic heterocycles. The number of carbonyl (C=O) groups excluding carboxylic acids is 1. The molecule has 124 valence electrons. The number of aliphatic hydroxyl groups excluding tert-OH is 2. The average molecular weight is 317 g/mol. The Balaban J connectivity index is 2.50. The molecule has 0 atom stereocenters. The predicted octanol–water partition coefficient (Wildman–Crippen LogP) is 3.18. The Morgan fingerprint density at radius 2 is 1.96 bits per heavy atom. The first kappa shape index (κ1) is 17.2. The van der Waals surface area contributed by atoms with Crippen LogP contribution in [0.2, 0.25) is 0 Å². The highest BCUT2D eigenvalue weighted by Gasteiger charge is 2.20. The number of ether oxygens (including phenoxy) is 1. The summed E-state index contributed by atoms with van der Waals surface area (Å²) in [5.74, 6) is 0. The zero-order chi connectivity index (χ0) is 17.0. The van der Waals surface area contributed by atoms with Crippen molar-refractivity contribution in [2.45, 2.75) is 32.8 Å². The summed E-state index contributed by atoms with van der Waals surface area (Å²) >= 11 is 0. The van der Waals surface area contributed by atoms with Crippen LogP contribution < -0.4 is 0 Å². The molecule has 0 saturated carbocycles. The molecule has 0 aliphatic rings. The van der Waals surface area contributed by atoms with E-state index in [1.165, 1.54) is 4.57 Å². The Morgan fingerprint density at radius 1 is 1.26 bits per heavy atom. The molecule has 0 spiro atoms. The molecule has 0 bridgehead atoms. The molecule has 0 radical (unpaired) electrons. The molecule has 0 unspecified atom stereocenters. The van der Waals surface area contributed by atoms with Gasteiger partial charge in [-0.25, -0.2) is 4.79 Å². The SMILES string of the molecule is CC(C)(C)OC(=O)n1cc(/C=C(\CO)CCO)c2ccccc21. The average Bonchev–Trinajstić information content (AvgIpc) is 2.84. The molecule has 0 aliphatic carbocycles. The molecule has 23 heavy (non-hydrogen) atoms. The molecule has 5 heteroatoms. The number of fused-ring (bicyclic) bond motifs is 1. The van der Waals surface area contributed by atoms with E-state index in [0.29, 0.717) is 12.0 Å². The first-order chi connectivity index (χ1) is 10.9. The number of carbonyl (C=O) groups is 1. The maximum absolute atomic E-state index is 12.4. The molecule has 0 fully saturated rings. The van der Waals surface area contributed by atoms with Crippen LogP contribution in [0.25, 0.3) is 17.0 Å². The summed E-state index contributed by atoms with van der Waals surface area (Å²) in [6.07, 6.45) is 3.45. The lowest BCUT2D eigenvalue weighted by atomic mass is 10.1. The standard InChI is InChI=1S/C18H23NO4/c1-18(2,3)23-17(22)19-11-14(10-13(12-21)8-9-20)15-6-4-5-7-16(15)19/h4-7,10-11,20-21H,8-9,12H2,1-3H3/b13-10-. The van der Waals surface area contributed by atoms with Gasteiger partial charge in [0.25, 0.3) is 0 Å². The first-order valence-electron chi connectivity index (χ1n) is 7.60. The first-order valence-corrected chi connectivity index (χ1v) is 7.60. The largest absolute Gasteiger partial charge is 0.443 e. The van der Waals surface area contributed by atoms with Gasteiger partial charge in [0, 0.05) is 23.8 Å². The molecule has 1 heterocycles. The van der Waals surface area contributed by atoms with Crippen LogP contribution in [-0.2, 0) is 4.74 Å². The third-order valence-electron chi connectivity index (χ3n) is 3.33. The van der Waals surface area contributed by atoms with E-state index in [9.17, 15) is 9.90 Å². The van der Waals surface area contributed by atoms with E-state index >= 15 is 0 Å².